The fourth-order valence-corrected chi connectivity index (χ4v) is 2.45. The zero-order valence-corrected chi connectivity index (χ0v) is 12.3. The largest absolute Gasteiger partial charge is 0.496 e. The highest BCUT2D eigenvalue weighted by molar-refractivity contribution is 5.79. The van der Waals surface area contributed by atoms with Gasteiger partial charge in [0.2, 0.25) is 5.91 Å². The average molecular weight is 276 g/mol. The molecule has 1 fully saturated rings. The first-order valence-corrected chi connectivity index (χ1v) is 7.29. The fraction of sp³-hybridized carbons (Fsp3) is 0.562. The summed E-state index contributed by atoms with van der Waals surface area (Å²) < 4.78 is 5.38. The van der Waals surface area contributed by atoms with Crippen molar-refractivity contribution < 1.29 is 9.53 Å². The van der Waals surface area contributed by atoms with E-state index in [2.05, 4.69) is 0 Å². The predicted octanol–water partition coefficient (Wildman–Crippen LogP) is 2.17. The number of amides is 1. The van der Waals surface area contributed by atoms with Crippen LogP contribution in [0.3, 0.4) is 0 Å². The van der Waals surface area contributed by atoms with Crippen LogP contribution >= 0.6 is 0 Å². The van der Waals surface area contributed by atoms with Gasteiger partial charge in [0.15, 0.2) is 0 Å². The maximum Gasteiger partial charge on any atom is 0.226 e. The molecule has 1 saturated carbocycles. The quantitative estimate of drug-likeness (QED) is 0.830. The minimum Gasteiger partial charge on any atom is -0.496 e. The Hall–Kier alpha value is -1.55. The molecule has 1 amide bonds. The Balaban J connectivity index is 2.11. The van der Waals surface area contributed by atoms with Crippen molar-refractivity contribution in [2.45, 2.75) is 38.8 Å². The lowest BCUT2D eigenvalue weighted by atomic mass is 10.1. The third kappa shape index (κ3) is 3.51. The minimum absolute atomic E-state index is 0.00435. The number of rotatable bonds is 7. The predicted molar refractivity (Wildman–Crippen MR) is 79.4 cm³/mol. The van der Waals surface area contributed by atoms with Crippen molar-refractivity contribution in [1.82, 2.24) is 4.90 Å². The summed E-state index contributed by atoms with van der Waals surface area (Å²) in [4.78, 5) is 14.5. The summed E-state index contributed by atoms with van der Waals surface area (Å²) >= 11 is 0. The first kappa shape index (κ1) is 14.9. The number of benzene rings is 1. The molecule has 4 nitrogen and oxygen atoms in total. The van der Waals surface area contributed by atoms with Crippen molar-refractivity contribution in [1.29, 1.82) is 0 Å². The molecule has 1 atom stereocenters. The van der Waals surface area contributed by atoms with Crippen LogP contribution in [0, 0.1) is 5.92 Å². The van der Waals surface area contributed by atoms with Gasteiger partial charge in [-0.1, -0.05) is 25.1 Å². The van der Waals surface area contributed by atoms with Crippen molar-refractivity contribution in [3.63, 3.8) is 0 Å². The highest BCUT2D eigenvalue weighted by atomic mass is 16.5. The molecule has 0 heterocycles. The van der Waals surface area contributed by atoms with Gasteiger partial charge in [0, 0.05) is 24.1 Å². The third-order valence-corrected chi connectivity index (χ3v) is 3.83. The Morgan fingerprint density at radius 2 is 2.15 bits per heavy atom. The Labute approximate surface area is 120 Å². The highest BCUT2D eigenvalue weighted by Crippen LogP contribution is 2.31. The van der Waals surface area contributed by atoms with Gasteiger partial charge >= 0.3 is 0 Å². The molecule has 0 bridgehead atoms. The SMILES string of the molecule is COc1ccccc1CN(C(=O)C(C)CCN)C1CC1. The smallest absolute Gasteiger partial charge is 0.226 e. The van der Waals surface area contributed by atoms with Crippen molar-refractivity contribution in [2.75, 3.05) is 13.7 Å². The van der Waals surface area contributed by atoms with E-state index in [0.29, 0.717) is 19.1 Å². The van der Waals surface area contributed by atoms with E-state index >= 15 is 0 Å². The van der Waals surface area contributed by atoms with Crippen molar-refractivity contribution >= 4 is 5.91 Å². The Bertz CT molecular complexity index is 458. The van der Waals surface area contributed by atoms with Gasteiger partial charge in [0.25, 0.3) is 0 Å². The van der Waals surface area contributed by atoms with Gasteiger partial charge in [0.05, 0.1) is 7.11 Å². The number of nitrogens with zero attached hydrogens (tertiary/aromatic N) is 1. The average Bonchev–Trinajstić information content (AvgIpc) is 3.29. The summed E-state index contributed by atoms with van der Waals surface area (Å²) in [5.74, 6) is 1.05. The molecule has 0 aliphatic heterocycles. The minimum atomic E-state index is -0.00435. The van der Waals surface area contributed by atoms with E-state index in [9.17, 15) is 4.79 Å². The zero-order valence-electron chi connectivity index (χ0n) is 12.3. The van der Waals surface area contributed by atoms with E-state index in [1.54, 1.807) is 7.11 Å². The molecule has 1 aliphatic carbocycles. The van der Waals surface area contributed by atoms with E-state index < -0.39 is 0 Å². The van der Waals surface area contributed by atoms with Gasteiger partial charge in [-0.15, -0.1) is 0 Å². The van der Waals surface area contributed by atoms with Gasteiger partial charge in [0.1, 0.15) is 5.75 Å². The number of ether oxygens (including phenoxy) is 1. The lowest BCUT2D eigenvalue weighted by Gasteiger charge is -2.26. The molecule has 0 saturated heterocycles. The number of carbonyl (C=O) groups excluding carboxylic acids is 1. The first-order chi connectivity index (χ1) is 9.67. The lowest BCUT2D eigenvalue weighted by molar-refractivity contribution is -0.136. The van der Waals surface area contributed by atoms with Crippen LogP contribution in [0.5, 0.6) is 5.75 Å². The molecule has 110 valence electrons. The summed E-state index contributed by atoms with van der Waals surface area (Å²) in [6, 6.07) is 8.29. The van der Waals surface area contributed by atoms with Crippen LogP contribution in [0.25, 0.3) is 0 Å². The molecule has 4 heteroatoms. The fourth-order valence-electron chi connectivity index (χ4n) is 2.45. The van der Waals surface area contributed by atoms with Crippen LogP contribution in [-0.4, -0.2) is 30.5 Å². The van der Waals surface area contributed by atoms with Crippen LogP contribution in [0.15, 0.2) is 24.3 Å². The second-order valence-corrected chi connectivity index (χ2v) is 5.49. The number of para-hydroxylation sites is 1. The third-order valence-electron chi connectivity index (χ3n) is 3.83. The van der Waals surface area contributed by atoms with Gasteiger partial charge in [-0.2, -0.15) is 0 Å². The summed E-state index contributed by atoms with van der Waals surface area (Å²) in [6.45, 7) is 3.15. The summed E-state index contributed by atoms with van der Waals surface area (Å²) in [6.07, 6.45) is 2.96. The van der Waals surface area contributed by atoms with Gasteiger partial charge < -0.3 is 15.4 Å². The van der Waals surface area contributed by atoms with Crippen LogP contribution in [0.4, 0.5) is 0 Å². The number of carbonyl (C=O) groups is 1. The maximum absolute atomic E-state index is 12.5. The normalized spacial score (nSPS) is 15.8. The summed E-state index contributed by atoms with van der Waals surface area (Å²) in [7, 11) is 1.67. The monoisotopic (exact) mass is 276 g/mol. The summed E-state index contributed by atoms with van der Waals surface area (Å²) in [5.41, 5.74) is 6.63. The number of hydrogen-bond donors (Lipinski definition) is 1. The molecule has 1 aliphatic rings. The van der Waals surface area contributed by atoms with Crippen molar-refractivity contribution in [3.05, 3.63) is 29.8 Å². The van der Waals surface area contributed by atoms with E-state index in [1.807, 2.05) is 36.1 Å². The van der Waals surface area contributed by atoms with E-state index in [-0.39, 0.29) is 11.8 Å². The van der Waals surface area contributed by atoms with Crippen LogP contribution in [0.1, 0.15) is 31.7 Å². The van der Waals surface area contributed by atoms with Crippen molar-refractivity contribution in [3.8, 4) is 5.75 Å². The molecule has 1 aromatic rings. The van der Waals surface area contributed by atoms with Crippen LogP contribution in [0.2, 0.25) is 0 Å². The van der Waals surface area contributed by atoms with E-state index in [1.165, 1.54) is 0 Å². The maximum atomic E-state index is 12.5. The molecule has 0 aromatic heterocycles. The van der Waals surface area contributed by atoms with Crippen molar-refractivity contribution in [2.24, 2.45) is 11.7 Å². The molecule has 1 unspecified atom stereocenters. The van der Waals surface area contributed by atoms with E-state index in [0.717, 1.165) is 30.6 Å². The number of methoxy groups -OCH3 is 1. The van der Waals surface area contributed by atoms with E-state index in [4.69, 9.17) is 10.5 Å². The molecule has 20 heavy (non-hydrogen) atoms. The lowest BCUT2D eigenvalue weighted by Crippen LogP contribution is -2.37. The molecule has 1 aromatic carbocycles. The van der Waals surface area contributed by atoms with Gasteiger partial charge in [-0.25, -0.2) is 0 Å². The molecule has 2 rings (SSSR count). The topological polar surface area (TPSA) is 55.6 Å². The second kappa shape index (κ2) is 6.75. The zero-order chi connectivity index (χ0) is 14.5. The Morgan fingerprint density at radius 1 is 1.45 bits per heavy atom. The molecule has 0 radical (unpaired) electrons. The highest BCUT2D eigenvalue weighted by Gasteiger charge is 2.34. The van der Waals surface area contributed by atoms with Gasteiger partial charge in [-0.3, -0.25) is 4.79 Å². The summed E-state index contributed by atoms with van der Waals surface area (Å²) in [5, 5.41) is 0. The molecular formula is C16H24N2O2. The van der Waals surface area contributed by atoms with Gasteiger partial charge in [-0.05, 0) is 31.9 Å². The van der Waals surface area contributed by atoms with Crippen LogP contribution in [-0.2, 0) is 11.3 Å². The first-order valence-electron chi connectivity index (χ1n) is 7.29. The molecule has 2 N–H and O–H groups in total. The number of hydrogen-bond acceptors (Lipinski definition) is 3. The Kier molecular flexibility index (Phi) is 5.01. The number of nitrogens with two attached hydrogens (primary N) is 1. The Morgan fingerprint density at radius 3 is 2.75 bits per heavy atom. The van der Waals surface area contributed by atoms with Crippen LogP contribution < -0.4 is 10.5 Å². The standard InChI is InChI=1S/C16H24N2O2/c1-12(9-10-17)16(19)18(14-7-8-14)11-13-5-3-4-6-15(13)20-2/h3-6,12,14H,7-11,17H2,1-2H3. The molecular weight excluding hydrogens is 252 g/mol. The second-order valence-electron chi connectivity index (χ2n) is 5.49. The molecule has 0 spiro atoms.